The van der Waals surface area contributed by atoms with Crippen LogP contribution in [0.3, 0.4) is 0 Å². The zero-order chi connectivity index (χ0) is 15.8. The van der Waals surface area contributed by atoms with Crippen LogP contribution in [0.25, 0.3) is 0 Å². The van der Waals surface area contributed by atoms with Crippen LogP contribution in [0.15, 0.2) is 33.8 Å². The number of benzene rings is 1. The Labute approximate surface area is 127 Å². The van der Waals surface area contributed by atoms with Crippen LogP contribution >= 0.6 is 15.9 Å². The van der Waals surface area contributed by atoms with Gasteiger partial charge in [-0.1, -0.05) is 19.1 Å². The molecule has 1 aromatic rings. The molecular weight excluding hydrogens is 353 g/mol. The van der Waals surface area contributed by atoms with Crippen molar-refractivity contribution in [2.24, 2.45) is 5.10 Å². The lowest BCUT2D eigenvalue weighted by Gasteiger charge is -2.32. The van der Waals surface area contributed by atoms with Gasteiger partial charge in [-0.25, -0.2) is 0 Å². The maximum absolute atomic E-state index is 13.2. The van der Waals surface area contributed by atoms with Crippen molar-refractivity contribution in [2.75, 3.05) is 0 Å². The lowest BCUT2D eigenvalue weighted by molar-refractivity contribution is -0.297. The summed E-state index contributed by atoms with van der Waals surface area (Å²) >= 11 is 3.11. The maximum Gasteiger partial charge on any atom is 0.438 e. The Morgan fingerprint density at radius 3 is 2.62 bits per heavy atom. The van der Waals surface area contributed by atoms with E-state index in [1.807, 2.05) is 0 Å². The molecule has 1 amide bonds. The summed E-state index contributed by atoms with van der Waals surface area (Å²) in [6.07, 6.45) is -5.51. The van der Waals surface area contributed by atoms with Crippen LogP contribution in [0.1, 0.15) is 30.1 Å². The highest BCUT2D eigenvalue weighted by Gasteiger charge is 2.63. The Morgan fingerprint density at radius 1 is 1.48 bits per heavy atom. The van der Waals surface area contributed by atoms with Crippen molar-refractivity contribution in [3.63, 3.8) is 0 Å². The van der Waals surface area contributed by atoms with Crippen molar-refractivity contribution in [2.45, 2.75) is 31.7 Å². The average Bonchev–Trinajstić information content (AvgIpc) is 2.77. The van der Waals surface area contributed by atoms with Gasteiger partial charge >= 0.3 is 6.18 Å². The predicted molar refractivity (Wildman–Crippen MR) is 73.7 cm³/mol. The molecule has 0 saturated carbocycles. The van der Waals surface area contributed by atoms with Gasteiger partial charge < -0.3 is 5.11 Å². The molecule has 0 unspecified atom stereocenters. The van der Waals surface area contributed by atoms with Crippen LogP contribution in [0.2, 0.25) is 0 Å². The minimum absolute atomic E-state index is 0.00118. The normalized spacial score (nSPS) is 22.4. The number of aliphatic hydroxyl groups is 1. The Kier molecular flexibility index (Phi) is 4.12. The highest BCUT2D eigenvalue weighted by atomic mass is 79.9. The third-order valence-electron chi connectivity index (χ3n) is 3.20. The topological polar surface area (TPSA) is 52.9 Å². The quantitative estimate of drug-likeness (QED) is 0.875. The third kappa shape index (κ3) is 2.69. The van der Waals surface area contributed by atoms with Crippen molar-refractivity contribution in [3.05, 3.63) is 34.3 Å². The second kappa shape index (κ2) is 5.42. The molecule has 1 aliphatic heterocycles. The second-order valence-corrected chi connectivity index (χ2v) is 5.46. The first-order valence-corrected chi connectivity index (χ1v) is 6.94. The SMILES string of the molecule is CCC1=NN(C(=O)c2ccccc2Br)[C@](O)(C(F)(F)F)C1. The van der Waals surface area contributed by atoms with Crippen molar-refractivity contribution < 1.29 is 23.1 Å². The maximum atomic E-state index is 13.2. The molecule has 0 aromatic heterocycles. The number of hydrogen-bond donors (Lipinski definition) is 1. The van der Waals surface area contributed by atoms with E-state index in [0.29, 0.717) is 4.47 Å². The van der Waals surface area contributed by atoms with Crippen LogP contribution in [0.4, 0.5) is 13.2 Å². The highest BCUT2D eigenvalue weighted by Crippen LogP contribution is 2.41. The number of hydrazone groups is 1. The van der Waals surface area contributed by atoms with E-state index in [-0.39, 0.29) is 22.7 Å². The Hall–Kier alpha value is -1.41. The summed E-state index contributed by atoms with van der Waals surface area (Å²) in [6.45, 7) is 1.61. The van der Waals surface area contributed by atoms with Gasteiger partial charge in [0.15, 0.2) is 0 Å². The van der Waals surface area contributed by atoms with E-state index in [2.05, 4.69) is 21.0 Å². The molecule has 21 heavy (non-hydrogen) atoms. The van der Waals surface area contributed by atoms with Crippen molar-refractivity contribution in [1.29, 1.82) is 0 Å². The van der Waals surface area contributed by atoms with E-state index < -0.39 is 24.2 Å². The number of alkyl halides is 3. The largest absolute Gasteiger partial charge is 0.438 e. The highest BCUT2D eigenvalue weighted by molar-refractivity contribution is 9.10. The van der Waals surface area contributed by atoms with Crippen LogP contribution in [-0.4, -0.2) is 33.6 Å². The van der Waals surface area contributed by atoms with Crippen LogP contribution in [-0.2, 0) is 0 Å². The van der Waals surface area contributed by atoms with Gasteiger partial charge in [0, 0.05) is 16.6 Å². The zero-order valence-corrected chi connectivity index (χ0v) is 12.6. The summed E-state index contributed by atoms with van der Waals surface area (Å²) in [5, 5.41) is 13.7. The molecule has 4 nitrogen and oxygen atoms in total. The number of halogens is 4. The fourth-order valence-electron chi connectivity index (χ4n) is 2.00. The number of carbonyl (C=O) groups is 1. The van der Waals surface area contributed by atoms with Crippen molar-refractivity contribution in [1.82, 2.24) is 5.01 Å². The molecule has 1 atom stereocenters. The molecule has 0 bridgehead atoms. The van der Waals surface area contributed by atoms with E-state index in [0.717, 1.165) is 0 Å². The van der Waals surface area contributed by atoms with E-state index in [4.69, 9.17) is 0 Å². The minimum Gasteiger partial charge on any atom is -0.362 e. The Morgan fingerprint density at radius 2 is 2.10 bits per heavy atom. The monoisotopic (exact) mass is 364 g/mol. The summed E-state index contributed by atoms with van der Waals surface area (Å²) in [6, 6.07) is 6.04. The standard InChI is InChI=1S/C13H12BrF3N2O2/c1-2-8-7-12(21,13(15,16)17)19(18-8)11(20)9-5-3-4-6-10(9)14/h3-6,21H,2,7H2,1H3/t12-/m1/s1. The smallest absolute Gasteiger partial charge is 0.362 e. The number of carbonyl (C=O) groups excluding carboxylic acids is 1. The number of amides is 1. The fourth-order valence-corrected chi connectivity index (χ4v) is 2.45. The molecule has 0 aliphatic carbocycles. The van der Waals surface area contributed by atoms with Crippen LogP contribution in [0.5, 0.6) is 0 Å². The molecule has 1 heterocycles. The summed E-state index contributed by atoms with van der Waals surface area (Å²) < 4.78 is 39.8. The van der Waals surface area contributed by atoms with E-state index in [1.54, 1.807) is 13.0 Å². The molecule has 114 valence electrons. The number of nitrogens with zero attached hydrogens (tertiary/aromatic N) is 2. The lowest BCUT2D eigenvalue weighted by Crippen LogP contribution is -2.56. The molecule has 1 N–H and O–H groups in total. The van der Waals surface area contributed by atoms with Crippen LogP contribution in [0, 0.1) is 0 Å². The summed E-state index contributed by atoms with van der Waals surface area (Å²) in [4.78, 5) is 12.3. The molecule has 0 saturated heterocycles. The van der Waals surface area contributed by atoms with Gasteiger partial charge in [0.25, 0.3) is 11.6 Å². The van der Waals surface area contributed by atoms with Gasteiger partial charge in [-0.15, -0.1) is 0 Å². The van der Waals surface area contributed by atoms with Gasteiger partial charge in [-0.05, 0) is 34.5 Å². The summed E-state index contributed by atoms with van der Waals surface area (Å²) in [7, 11) is 0. The van der Waals surface area contributed by atoms with Gasteiger partial charge in [0.1, 0.15) is 0 Å². The fraction of sp³-hybridized carbons (Fsp3) is 0.385. The van der Waals surface area contributed by atoms with Gasteiger partial charge in [-0.2, -0.15) is 23.3 Å². The predicted octanol–water partition coefficient (Wildman–Crippen LogP) is 3.31. The van der Waals surface area contributed by atoms with E-state index in [1.165, 1.54) is 18.2 Å². The lowest BCUT2D eigenvalue weighted by atomic mass is 10.0. The first-order chi connectivity index (χ1) is 9.70. The molecule has 0 spiro atoms. The molecule has 2 rings (SSSR count). The van der Waals surface area contributed by atoms with Crippen LogP contribution < -0.4 is 0 Å². The zero-order valence-electron chi connectivity index (χ0n) is 11.0. The van der Waals surface area contributed by atoms with Gasteiger partial charge in [-0.3, -0.25) is 4.79 Å². The Balaban J connectivity index is 2.46. The van der Waals surface area contributed by atoms with Gasteiger partial charge in [0.2, 0.25) is 0 Å². The minimum atomic E-state index is -5.00. The number of rotatable bonds is 2. The first kappa shape index (κ1) is 16.0. The Bertz CT molecular complexity index is 603. The van der Waals surface area contributed by atoms with E-state index in [9.17, 15) is 23.1 Å². The number of hydrogen-bond acceptors (Lipinski definition) is 3. The third-order valence-corrected chi connectivity index (χ3v) is 3.89. The molecular formula is C13H12BrF3N2O2. The first-order valence-electron chi connectivity index (χ1n) is 6.15. The molecule has 8 heteroatoms. The van der Waals surface area contributed by atoms with Crippen molar-refractivity contribution in [3.8, 4) is 0 Å². The molecule has 0 radical (unpaired) electrons. The van der Waals surface area contributed by atoms with E-state index >= 15 is 0 Å². The summed E-state index contributed by atoms with van der Waals surface area (Å²) in [5.74, 6) is -1.01. The second-order valence-electron chi connectivity index (χ2n) is 4.61. The molecule has 1 aromatic carbocycles. The van der Waals surface area contributed by atoms with Crippen molar-refractivity contribution >= 4 is 27.5 Å². The summed E-state index contributed by atoms with van der Waals surface area (Å²) in [5.41, 5.74) is -3.18. The molecule has 1 aliphatic rings. The molecule has 0 fully saturated rings. The van der Waals surface area contributed by atoms with Gasteiger partial charge in [0.05, 0.1) is 5.56 Å². The average molecular weight is 365 g/mol.